The summed E-state index contributed by atoms with van der Waals surface area (Å²) in [5.41, 5.74) is 2.26. The SMILES string of the molecule is CCOC(=O)c1c(NC(=O)Cc2ccccc2)sc2c1CC(C)(C)[NH2+]C2(C)C. The largest absolute Gasteiger partial charge is 0.462 e. The fraction of sp³-hybridized carbons (Fsp3) is 0.455. The number of benzene rings is 1. The van der Waals surface area contributed by atoms with Crippen molar-refractivity contribution in [1.82, 2.24) is 0 Å². The summed E-state index contributed by atoms with van der Waals surface area (Å²) in [5.74, 6) is -0.486. The zero-order valence-electron chi connectivity index (χ0n) is 17.2. The van der Waals surface area contributed by atoms with Gasteiger partial charge in [0.05, 0.1) is 29.0 Å². The van der Waals surface area contributed by atoms with Crippen LogP contribution in [0.2, 0.25) is 0 Å². The second-order valence-corrected chi connectivity index (χ2v) is 9.60. The van der Waals surface area contributed by atoms with E-state index in [4.69, 9.17) is 4.74 Å². The Balaban J connectivity index is 1.98. The molecule has 28 heavy (non-hydrogen) atoms. The highest BCUT2D eigenvalue weighted by Crippen LogP contribution is 2.42. The molecule has 6 heteroatoms. The van der Waals surface area contributed by atoms with Crippen molar-refractivity contribution in [2.24, 2.45) is 0 Å². The van der Waals surface area contributed by atoms with Gasteiger partial charge in [-0.05, 0) is 45.7 Å². The molecule has 3 N–H and O–H groups in total. The van der Waals surface area contributed by atoms with Gasteiger partial charge in [-0.25, -0.2) is 4.79 Å². The van der Waals surface area contributed by atoms with Crippen molar-refractivity contribution in [1.29, 1.82) is 0 Å². The van der Waals surface area contributed by atoms with Crippen molar-refractivity contribution in [2.45, 2.75) is 58.5 Å². The maximum atomic E-state index is 12.8. The molecule has 2 heterocycles. The lowest BCUT2D eigenvalue weighted by molar-refractivity contribution is -0.789. The second kappa shape index (κ2) is 7.68. The first kappa shape index (κ1) is 20.6. The third-order valence-electron chi connectivity index (χ3n) is 4.92. The molecule has 0 fully saturated rings. The van der Waals surface area contributed by atoms with E-state index in [0.717, 1.165) is 22.4 Å². The lowest BCUT2D eigenvalue weighted by atomic mass is 9.81. The Labute approximate surface area is 170 Å². The smallest absolute Gasteiger partial charge is 0.341 e. The monoisotopic (exact) mass is 401 g/mol. The van der Waals surface area contributed by atoms with Crippen molar-refractivity contribution in [3.8, 4) is 0 Å². The van der Waals surface area contributed by atoms with E-state index in [0.29, 0.717) is 17.2 Å². The summed E-state index contributed by atoms with van der Waals surface area (Å²) in [6, 6.07) is 9.60. The van der Waals surface area contributed by atoms with Gasteiger partial charge in [0.15, 0.2) is 0 Å². The lowest BCUT2D eigenvalue weighted by Crippen LogP contribution is -3.03. The van der Waals surface area contributed by atoms with Crippen LogP contribution in [0.15, 0.2) is 30.3 Å². The van der Waals surface area contributed by atoms with Gasteiger partial charge < -0.3 is 15.4 Å². The molecule has 150 valence electrons. The molecule has 1 aromatic carbocycles. The van der Waals surface area contributed by atoms with Gasteiger partial charge in [0, 0.05) is 6.42 Å². The number of nitrogens with two attached hydrogens (primary N) is 1. The fourth-order valence-corrected chi connectivity index (χ4v) is 5.46. The first-order valence-electron chi connectivity index (χ1n) is 9.67. The number of nitrogens with one attached hydrogen (secondary N) is 1. The molecule has 0 saturated carbocycles. The molecule has 1 aromatic heterocycles. The number of quaternary nitrogens is 1. The van der Waals surface area contributed by atoms with E-state index in [2.05, 4.69) is 38.3 Å². The van der Waals surface area contributed by atoms with Crippen LogP contribution in [0, 0.1) is 0 Å². The van der Waals surface area contributed by atoms with Crippen LogP contribution in [0.5, 0.6) is 0 Å². The van der Waals surface area contributed by atoms with Gasteiger partial charge >= 0.3 is 5.97 Å². The first-order valence-corrected chi connectivity index (χ1v) is 10.5. The number of hydrogen-bond donors (Lipinski definition) is 2. The van der Waals surface area contributed by atoms with Crippen LogP contribution < -0.4 is 10.6 Å². The van der Waals surface area contributed by atoms with Crippen molar-refractivity contribution >= 4 is 28.2 Å². The van der Waals surface area contributed by atoms with Crippen molar-refractivity contribution in [2.75, 3.05) is 11.9 Å². The first-order chi connectivity index (χ1) is 13.1. The number of carbonyl (C=O) groups is 2. The molecule has 0 atom stereocenters. The minimum Gasteiger partial charge on any atom is -0.462 e. The Kier molecular flexibility index (Phi) is 5.64. The van der Waals surface area contributed by atoms with Crippen LogP contribution in [-0.2, 0) is 27.9 Å². The molecule has 0 unspecified atom stereocenters. The predicted octanol–water partition coefficient (Wildman–Crippen LogP) is 3.24. The Morgan fingerprint density at radius 3 is 2.50 bits per heavy atom. The quantitative estimate of drug-likeness (QED) is 0.756. The topological polar surface area (TPSA) is 72.0 Å². The molecule has 0 bridgehead atoms. The summed E-state index contributed by atoms with van der Waals surface area (Å²) >= 11 is 1.50. The van der Waals surface area contributed by atoms with Crippen molar-refractivity contribution < 1.29 is 19.6 Å². The maximum Gasteiger partial charge on any atom is 0.341 e. The molecule has 1 aliphatic rings. The summed E-state index contributed by atoms with van der Waals surface area (Å²) < 4.78 is 5.34. The zero-order valence-corrected chi connectivity index (χ0v) is 18.0. The average Bonchev–Trinajstić information content (AvgIpc) is 2.92. The van der Waals surface area contributed by atoms with Gasteiger partial charge in [-0.2, -0.15) is 0 Å². The molecular weight excluding hydrogens is 372 g/mol. The average molecular weight is 402 g/mol. The highest BCUT2D eigenvalue weighted by Gasteiger charge is 2.45. The Morgan fingerprint density at radius 2 is 1.86 bits per heavy atom. The number of hydrogen-bond acceptors (Lipinski definition) is 4. The number of fused-ring (bicyclic) bond motifs is 1. The molecule has 3 rings (SSSR count). The van der Waals surface area contributed by atoms with E-state index < -0.39 is 0 Å². The summed E-state index contributed by atoms with van der Waals surface area (Å²) in [4.78, 5) is 26.6. The van der Waals surface area contributed by atoms with E-state index in [1.807, 2.05) is 30.3 Å². The van der Waals surface area contributed by atoms with Gasteiger partial charge in [0.25, 0.3) is 0 Å². The maximum absolute atomic E-state index is 12.8. The fourth-order valence-electron chi connectivity index (χ4n) is 4.16. The number of amides is 1. The molecule has 1 aliphatic heterocycles. The number of carbonyl (C=O) groups excluding carboxylic acids is 2. The number of esters is 1. The number of anilines is 1. The van der Waals surface area contributed by atoms with Crippen LogP contribution in [-0.4, -0.2) is 24.0 Å². The second-order valence-electron chi connectivity index (χ2n) is 8.58. The Bertz CT molecular complexity index is 885. The van der Waals surface area contributed by atoms with Crippen LogP contribution >= 0.6 is 11.3 Å². The van der Waals surface area contributed by atoms with E-state index >= 15 is 0 Å². The van der Waals surface area contributed by atoms with Gasteiger partial charge in [-0.3, -0.25) is 4.79 Å². The zero-order chi connectivity index (χ0) is 20.5. The predicted molar refractivity (Wildman–Crippen MR) is 112 cm³/mol. The van der Waals surface area contributed by atoms with Crippen LogP contribution in [0.4, 0.5) is 5.00 Å². The molecule has 0 spiro atoms. The van der Waals surface area contributed by atoms with Crippen LogP contribution in [0.3, 0.4) is 0 Å². The molecule has 0 radical (unpaired) electrons. The van der Waals surface area contributed by atoms with Crippen molar-refractivity contribution in [3.63, 3.8) is 0 Å². The third-order valence-corrected chi connectivity index (χ3v) is 6.40. The van der Waals surface area contributed by atoms with Crippen molar-refractivity contribution in [3.05, 3.63) is 51.9 Å². The molecular formula is C22H29N2O3S+. The third kappa shape index (κ3) is 4.28. The van der Waals surface area contributed by atoms with E-state index in [1.165, 1.54) is 11.3 Å². The van der Waals surface area contributed by atoms with E-state index in [-0.39, 0.29) is 29.4 Å². The van der Waals surface area contributed by atoms with Gasteiger partial charge in [0.1, 0.15) is 10.5 Å². The highest BCUT2D eigenvalue weighted by molar-refractivity contribution is 7.17. The van der Waals surface area contributed by atoms with Gasteiger partial charge in [-0.1, -0.05) is 30.3 Å². The minimum absolute atomic E-state index is 0.0376. The minimum atomic E-state index is -0.358. The standard InChI is InChI=1S/C22H28N2O3S/c1-6-27-20(26)17-15-13-21(2,3)24-22(4,5)18(15)28-19(17)23-16(25)12-14-10-8-7-9-11-14/h7-11,24H,6,12-13H2,1-5H3,(H,23,25)/p+1. The molecule has 2 aromatic rings. The van der Waals surface area contributed by atoms with Crippen LogP contribution in [0.1, 0.15) is 61.0 Å². The molecule has 0 aliphatic carbocycles. The number of rotatable bonds is 5. The summed E-state index contributed by atoms with van der Waals surface area (Å²) in [6.45, 7) is 10.8. The van der Waals surface area contributed by atoms with Gasteiger partial charge in [0.2, 0.25) is 5.91 Å². The summed E-state index contributed by atoms with van der Waals surface area (Å²) in [6.07, 6.45) is 1.03. The van der Waals surface area contributed by atoms with E-state index in [9.17, 15) is 9.59 Å². The lowest BCUT2D eigenvalue weighted by Gasteiger charge is -2.38. The molecule has 1 amide bonds. The van der Waals surface area contributed by atoms with Crippen LogP contribution in [0.25, 0.3) is 0 Å². The highest BCUT2D eigenvalue weighted by atomic mass is 32.1. The number of thiophene rings is 1. The van der Waals surface area contributed by atoms with Gasteiger partial charge in [-0.15, -0.1) is 11.3 Å². The van der Waals surface area contributed by atoms with E-state index in [1.54, 1.807) is 6.92 Å². The normalized spacial score (nSPS) is 16.9. The molecule has 0 saturated heterocycles. The number of ether oxygens (including phenoxy) is 1. The Hall–Kier alpha value is -2.18. The molecule has 5 nitrogen and oxygen atoms in total. The summed E-state index contributed by atoms with van der Waals surface area (Å²) in [5, 5.41) is 5.92. The Morgan fingerprint density at radius 1 is 1.18 bits per heavy atom. The summed E-state index contributed by atoms with van der Waals surface area (Å²) in [7, 11) is 0.